The summed E-state index contributed by atoms with van der Waals surface area (Å²) in [6.45, 7) is 5.96. The molecule has 0 aliphatic rings. The SMILES string of the molecule is CCCC(COC)NCc1ccc(C)cc1Br. The average Bonchev–Trinajstić information content (AvgIpc) is 2.28. The molecule has 1 aromatic carbocycles. The summed E-state index contributed by atoms with van der Waals surface area (Å²) >= 11 is 3.60. The van der Waals surface area contributed by atoms with E-state index in [0.717, 1.165) is 19.6 Å². The summed E-state index contributed by atoms with van der Waals surface area (Å²) in [5.74, 6) is 0. The molecule has 1 N–H and O–H groups in total. The number of nitrogens with one attached hydrogen (secondary N) is 1. The van der Waals surface area contributed by atoms with Crippen molar-refractivity contribution in [1.29, 1.82) is 0 Å². The van der Waals surface area contributed by atoms with Crippen LogP contribution in [0.3, 0.4) is 0 Å². The van der Waals surface area contributed by atoms with E-state index in [0.29, 0.717) is 6.04 Å². The van der Waals surface area contributed by atoms with Gasteiger partial charge in [0, 0.05) is 24.2 Å². The molecule has 0 aromatic heterocycles. The van der Waals surface area contributed by atoms with Gasteiger partial charge in [-0.15, -0.1) is 0 Å². The summed E-state index contributed by atoms with van der Waals surface area (Å²) in [6.07, 6.45) is 2.33. The minimum absolute atomic E-state index is 0.443. The molecule has 1 aromatic rings. The fourth-order valence-electron chi connectivity index (χ4n) is 1.84. The third kappa shape index (κ3) is 5.19. The predicted octanol–water partition coefficient (Wildman–Crippen LogP) is 3.66. The first-order chi connectivity index (χ1) is 8.17. The van der Waals surface area contributed by atoms with Gasteiger partial charge in [0.2, 0.25) is 0 Å². The molecular weight excluding hydrogens is 278 g/mol. The fraction of sp³-hybridized carbons (Fsp3) is 0.571. The Morgan fingerprint density at radius 2 is 2.18 bits per heavy atom. The van der Waals surface area contributed by atoms with Gasteiger partial charge in [0.25, 0.3) is 0 Å². The van der Waals surface area contributed by atoms with Crippen molar-refractivity contribution in [2.75, 3.05) is 13.7 Å². The van der Waals surface area contributed by atoms with Gasteiger partial charge in [0.1, 0.15) is 0 Å². The molecule has 96 valence electrons. The molecule has 1 unspecified atom stereocenters. The van der Waals surface area contributed by atoms with Crippen LogP contribution in [0.25, 0.3) is 0 Å². The smallest absolute Gasteiger partial charge is 0.0615 e. The molecule has 17 heavy (non-hydrogen) atoms. The molecule has 0 aliphatic carbocycles. The first-order valence-electron chi connectivity index (χ1n) is 6.14. The summed E-state index contributed by atoms with van der Waals surface area (Å²) in [5.41, 5.74) is 2.58. The van der Waals surface area contributed by atoms with E-state index < -0.39 is 0 Å². The zero-order chi connectivity index (χ0) is 12.7. The average molecular weight is 300 g/mol. The van der Waals surface area contributed by atoms with Crippen LogP contribution in [0, 0.1) is 6.92 Å². The fourth-order valence-corrected chi connectivity index (χ4v) is 2.48. The molecule has 0 radical (unpaired) electrons. The molecule has 0 saturated carbocycles. The highest BCUT2D eigenvalue weighted by Crippen LogP contribution is 2.18. The Morgan fingerprint density at radius 3 is 2.76 bits per heavy atom. The van der Waals surface area contributed by atoms with Gasteiger partial charge in [-0.1, -0.05) is 41.4 Å². The summed E-state index contributed by atoms with van der Waals surface area (Å²) in [5, 5.41) is 3.54. The minimum atomic E-state index is 0.443. The van der Waals surface area contributed by atoms with Crippen molar-refractivity contribution < 1.29 is 4.74 Å². The summed E-state index contributed by atoms with van der Waals surface area (Å²) in [6, 6.07) is 6.91. The Balaban J connectivity index is 2.52. The van der Waals surface area contributed by atoms with E-state index in [1.807, 2.05) is 0 Å². The lowest BCUT2D eigenvalue weighted by atomic mass is 10.1. The third-order valence-electron chi connectivity index (χ3n) is 2.79. The number of methoxy groups -OCH3 is 1. The lowest BCUT2D eigenvalue weighted by Crippen LogP contribution is -2.32. The van der Waals surface area contributed by atoms with Crippen molar-refractivity contribution in [2.45, 2.75) is 39.3 Å². The molecule has 0 bridgehead atoms. The van der Waals surface area contributed by atoms with Crippen LogP contribution in [0.1, 0.15) is 30.9 Å². The Kier molecular flexibility index (Phi) is 6.78. The van der Waals surface area contributed by atoms with Gasteiger partial charge in [-0.05, 0) is 30.5 Å². The molecule has 1 rings (SSSR count). The Labute approximate surface area is 113 Å². The highest BCUT2D eigenvalue weighted by atomic mass is 79.9. The van der Waals surface area contributed by atoms with Gasteiger partial charge < -0.3 is 10.1 Å². The zero-order valence-electron chi connectivity index (χ0n) is 10.9. The predicted molar refractivity (Wildman–Crippen MR) is 76.3 cm³/mol. The normalized spacial score (nSPS) is 12.7. The lowest BCUT2D eigenvalue weighted by Gasteiger charge is -2.17. The highest BCUT2D eigenvalue weighted by Gasteiger charge is 2.07. The second kappa shape index (κ2) is 7.85. The Morgan fingerprint density at radius 1 is 1.41 bits per heavy atom. The van der Waals surface area contributed by atoms with E-state index in [-0.39, 0.29) is 0 Å². The first-order valence-corrected chi connectivity index (χ1v) is 6.94. The number of halogens is 1. The molecule has 0 saturated heterocycles. The molecule has 2 nitrogen and oxygen atoms in total. The molecule has 0 heterocycles. The van der Waals surface area contributed by atoms with Gasteiger partial charge in [0.05, 0.1) is 6.61 Å². The van der Waals surface area contributed by atoms with Crippen molar-refractivity contribution in [1.82, 2.24) is 5.32 Å². The Hall–Kier alpha value is -0.380. The monoisotopic (exact) mass is 299 g/mol. The molecule has 0 fully saturated rings. The van der Waals surface area contributed by atoms with Crippen LogP contribution >= 0.6 is 15.9 Å². The van der Waals surface area contributed by atoms with Crippen molar-refractivity contribution >= 4 is 15.9 Å². The summed E-state index contributed by atoms with van der Waals surface area (Å²) < 4.78 is 6.40. The maximum atomic E-state index is 5.22. The molecule has 0 spiro atoms. The van der Waals surface area contributed by atoms with Gasteiger partial charge in [-0.2, -0.15) is 0 Å². The standard InChI is InChI=1S/C14H22BrNO/c1-4-5-13(10-17-3)16-9-12-7-6-11(2)8-14(12)15/h6-8,13,16H,4-5,9-10H2,1-3H3. The highest BCUT2D eigenvalue weighted by molar-refractivity contribution is 9.10. The van der Waals surface area contributed by atoms with Gasteiger partial charge in [-0.25, -0.2) is 0 Å². The van der Waals surface area contributed by atoms with Crippen LogP contribution in [0.4, 0.5) is 0 Å². The second-order valence-corrected chi connectivity index (χ2v) is 5.27. The van der Waals surface area contributed by atoms with Crippen molar-refractivity contribution in [3.05, 3.63) is 33.8 Å². The largest absolute Gasteiger partial charge is 0.383 e. The number of hydrogen-bond donors (Lipinski definition) is 1. The van der Waals surface area contributed by atoms with Crippen molar-refractivity contribution in [2.24, 2.45) is 0 Å². The number of aryl methyl sites for hydroxylation is 1. The number of rotatable bonds is 7. The number of ether oxygens (including phenoxy) is 1. The number of benzene rings is 1. The van der Waals surface area contributed by atoms with Crippen LogP contribution < -0.4 is 5.32 Å². The summed E-state index contributed by atoms with van der Waals surface area (Å²) in [7, 11) is 1.76. The molecular formula is C14H22BrNO. The minimum Gasteiger partial charge on any atom is -0.383 e. The maximum Gasteiger partial charge on any atom is 0.0615 e. The zero-order valence-corrected chi connectivity index (χ0v) is 12.5. The van der Waals surface area contributed by atoms with Crippen molar-refractivity contribution in [3.63, 3.8) is 0 Å². The van der Waals surface area contributed by atoms with Crippen LogP contribution in [0.2, 0.25) is 0 Å². The van der Waals surface area contributed by atoms with Gasteiger partial charge >= 0.3 is 0 Å². The van der Waals surface area contributed by atoms with Crippen LogP contribution in [-0.2, 0) is 11.3 Å². The third-order valence-corrected chi connectivity index (χ3v) is 3.53. The quantitative estimate of drug-likeness (QED) is 0.829. The van der Waals surface area contributed by atoms with Crippen LogP contribution in [-0.4, -0.2) is 19.8 Å². The Bertz CT molecular complexity index is 335. The van der Waals surface area contributed by atoms with Crippen molar-refractivity contribution in [3.8, 4) is 0 Å². The summed E-state index contributed by atoms with van der Waals surface area (Å²) in [4.78, 5) is 0. The van der Waals surface area contributed by atoms with Crippen LogP contribution in [0.5, 0.6) is 0 Å². The second-order valence-electron chi connectivity index (χ2n) is 4.42. The van der Waals surface area contributed by atoms with E-state index in [4.69, 9.17) is 4.74 Å². The van der Waals surface area contributed by atoms with Gasteiger partial charge in [-0.3, -0.25) is 0 Å². The maximum absolute atomic E-state index is 5.22. The van der Waals surface area contributed by atoms with E-state index >= 15 is 0 Å². The van der Waals surface area contributed by atoms with Crippen LogP contribution in [0.15, 0.2) is 22.7 Å². The van der Waals surface area contributed by atoms with E-state index in [2.05, 4.69) is 53.3 Å². The molecule has 0 aliphatic heterocycles. The van der Waals surface area contributed by atoms with E-state index in [1.54, 1.807) is 7.11 Å². The molecule has 3 heteroatoms. The van der Waals surface area contributed by atoms with E-state index in [9.17, 15) is 0 Å². The topological polar surface area (TPSA) is 21.3 Å². The van der Waals surface area contributed by atoms with E-state index in [1.165, 1.54) is 22.0 Å². The first kappa shape index (κ1) is 14.7. The molecule has 1 atom stereocenters. The van der Waals surface area contributed by atoms with Gasteiger partial charge in [0.15, 0.2) is 0 Å². The number of hydrogen-bond acceptors (Lipinski definition) is 2. The lowest BCUT2D eigenvalue weighted by molar-refractivity contribution is 0.161. The molecule has 0 amide bonds.